The van der Waals surface area contributed by atoms with Crippen LogP contribution >= 0.6 is 0 Å². The Morgan fingerprint density at radius 1 is 0.792 bits per heavy atom. The monoisotopic (exact) mass is 378 g/mol. The molecule has 0 amide bonds. The topological polar surface area (TPSA) is 52.6 Å². The average Bonchev–Trinajstić information content (AvgIpc) is 2.40. The third-order valence-corrected chi connectivity index (χ3v) is 2.43. The van der Waals surface area contributed by atoms with Crippen molar-refractivity contribution in [3.63, 3.8) is 0 Å². The fraction of sp³-hybridized carbons (Fsp3) is 0.818. The lowest BCUT2D eigenvalue weighted by atomic mass is 10.0. The molecule has 0 aliphatic heterocycles. The van der Waals surface area contributed by atoms with Crippen LogP contribution in [0.4, 0.5) is 39.5 Å². The first-order valence-corrected chi connectivity index (χ1v) is 6.04. The lowest BCUT2D eigenvalue weighted by Crippen LogP contribution is -2.63. The van der Waals surface area contributed by atoms with Crippen molar-refractivity contribution in [2.45, 2.75) is 37.8 Å². The highest BCUT2D eigenvalue weighted by atomic mass is 19.4. The molecule has 0 aliphatic rings. The molecule has 0 rings (SSSR count). The molecule has 0 aromatic carbocycles. The minimum atomic E-state index is -7.19. The summed E-state index contributed by atoms with van der Waals surface area (Å²) < 4.78 is 120. The predicted octanol–water partition coefficient (Wildman–Crippen LogP) is 3.20. The van der Waals surface area contributed by atoms with E-state index in [4.69, 9.17) is 0 Å². The standard InChI is InChI=1S/C11H11F9O4/c1-5(2)6(21)23-3-4-24-7(22)8(12,13)9(14,15)10(16,17)11(18,19)20/h5H,3-4H2,1-2H3. The van der Waals surface area contributed by atoms with Crippen LogP contribution in [-0.2, 0) is 19.1 Å². The van der Waals surface area contributed by atoms with Crippen LogP contribution < -0.4 is 0 Å². The first-order chi connectivity index (χ1) is 10.5. The molecule has 0 aromatic heterocycles. The van der Waals surface area contributed by atoms with Crippen LogP contribution in [-0.4, -0.2) is 49.1 Å². The van der Waals surface area contributed by atoms with Gasteiger partial charge in [0, 0.05) is 0 Å². The van der Waals surface area contributed by atoms with E-state index >= 15 is 0 Å². The molecule has 0 radical (unpaired) electrons. The molecular formula is C11H11F9O4. The smallest absolute Gasteiger partial charge is 0.460 e. The van der Waals surface area contributed by atoms with E-state index < -0.39 is 55.0 Å². The molecule has 0 fully saturated rings. The number of carbonyl (C=O) groups is 2. The Labute approximate surface area is 128 Å². The minimum absolute atomic E-state index is 0.669. The van der Waals surface area contributed by atoms with Crippen molar-refractivity contribution in [2.75, 3.05) is 13.2 Å². The van der Waals surface area contributed by atoms with Gasteiger partial charge in [-0.2, -0.15) is 39.5 Å². The second-order valence-electron chi connectivity index (χ2n) is 4.68. The maximum Gasteiger partial charge on any atom is 0.460 e. The van der Waals surface area contributed by atoms with Gasteiger partial charge < -0.3 is 9.47 Å². The first-order valence-electron chi connectivity index (χ1n) is 6.04. The van der Waals surface area contributed by atoms with Crippen molar-refractivity contribution in [3.05, 3.63) is 0 Å². The van der Waals surface area contributed by atoms with Crippen molar-refractivity contribution in [2.24, 2.45) is 5.92 Å². The van der Waals surface area contributed by atoms with E-state index in [2.05, 4.69) is 9.47 Å². The van der Waals surface area contributed by atoms with Crippen LogP contribution in [0.2, 0.25) is 0 Å². The largest absolute Gasteiger partial charge is 0.462 e. The molecule has 0 bridgehead atoms. The summed E-state index contributed by atoms with van der Waals surface area (Å²) in [5, 5.41) is 0. The number of ether oxygens (including phenoxy) is 2. The quantitative estimate of drug-likeness (QED) is 0.388. The van der Waals surface area contributed by atoms with Gasteiger partial charge in [0.1, 0.15) is 13.2 Å². The number of halogens is 9. The molecule has 142 valence electrons. The number of hydrogen-bond donors (Lipinski definition) is 0. The summed E-state index contributed by atoms with van der Waals surface area (Å²) in [7, 11) is 0. The van der Waals surface area contributed by atoms with Crippen molar-refractivity contribution in [1.82, 2.24) is 0 Å². The minimum Gasteiger partial charge on any atom is -0.462 e. The molecule has 4 nitrogen and oxygen atoms in total. The van der Waals surface area contributed by atoms with Crippen molar-refractivity contribution in [1.29, 1.82) is 0 Å². The fourth-order valence-electron chi connectivity index (χ4n) is 1.04. The summed E-state index contributed by atoms with van der Waals surface area (Å²) in [5.74, 6) is -25.6. The fourth-order valence-corrected chi connectivity index (χ4v) is 1.04. The van der Waals surface area contributed by atoms with E-state index in [1.165, 1.54) is 13.8 Å². The van der Waals surface area contributed by atoms with E-state index in [0.29, 0.717) is 0 Å². The Kier molecular flexibility index (Phi) is 6.55. The van der Waals surface area contributed by atoms with E-state index in [-0.39, 0.29) is 0 Å². The van der Waals surface area contributed by atoms with E-state index in [1.54, 1.807) is 0 Å². The Balaban J connectivity index is 4.98. The Morgan fingerprint density at radius 3 is 1.58 bits per heavy atom. The van der Waals surface area contributed by atoms with Crippen LogP contribution in [0.15, 0.2) is 0 Å². The van der Waals surface area contributed by atoms with Crippen molar-refractivity contribution in [3.8, 4) is 0 Å². The highest BCUT2D eigenvalue weighted by Gasteiger charge is 2.84. The van der Waals surface area contributed by atoms with Gasteiger partial charge >= 0.3 is 35.9 Å². The molecule has 0 aromatic rings. The maximum absolute atomic E-state index is 13.0. The first kappa shape index (κ1) is 22.3. The van der Waals surface area contributed by atoms with Crippen LogP contribution in [0, 0.1) is 5.92 Å². The van der Waals surface area contributed by atoms with Crippen molar-refractivity contribution >= 4 is 11.9 Å². The van der Waals surface area contributed by atoms with Gasteiger partial charge in [0.25, 0.3) is 0 Å². The zero-order valence-corrected chi connectivity index (χ0v) is 12.0. The molecule has 0 atom stereocenters. The van der Waals surface area contributed by atoms with Gasteiger partial charge in [0.15, 0.2) is 0 Å². The molecule has 0 N–H and O–H groups in total. The van der Waals surface area contributed by atoms with Gasteiger partial charge in [-0.1, -0.05) is 13.8 Å². The van der Waals surface area contributed by atoms with E-state index in [0.717, 1.165) is 0 Å². The third-order valence-electron chi connectivity index (χ3n) is 2.43. The Morgan fingerprint density at radius 2 is 1.21 bits per heavy atom. The second-order valence-corrected chi connectivity index (χ2v) is 4.68. The van der Waals surface area contributed by atoms with Gasteiger partial charge in [0.2, 0.25) is 0 Å². The van der Waals surface area contributed by atoms with Gasteiger partial charge in [-0.3, -0.25) is 4.79 Å². The van der Waals surface area contributed by atoms with Crippen LogP contribution in [0.1, 0.15) is 13.8 Å². The van der Waals surface area contributed by atoms with Crippen LogP contribution in [0.25, 0.3) is 0 Å². The normalized spacial score (nSPS) is 13.8. The molecular weight excluding hydrogens is 367 g/mol. The molecule has 0 saturated heterocycles. The molecule has 0 spiro atoms. The summed E-state index contributed by atoms with van der Waals surface area (Å²) in [6.45, 7) is 0.588. The van der Waals surface area contributed by atoms with Gasteiger partial charge in [-0.05, 0) is 0 Å². The number of alkyl halides is 9. The van der Waals surface area contributed by atoms with Gasteiger partial charge in [-0.25, -0.2) is 4.79 Å². The third kappa shape index (κ3) is 4.23. The average molecular weight is 378 g/mol. The molecule has 0 saturated carbocycles. The van der Waals surface area contributed by atoms with Gasteiger partial charge in [0.05, 0.1) is 5.92 Å². The second kappa shape index (κ2) is 7.05. The number of carbonyl (C=O) groups excluding carboxylic acids is 2. The van der Waals surface area contributed by atoms with Gasteiger partial charge in [-0.15, -0.1) is 0 Å². The van der Waals surface area contributed by atoms with E-state index in [9.17, 15) is 49.1 Å². The lowest BCUT2D eigenvalue weighted by molar-refractivity contribution is -0.390. The SMILES string of the molecule is CC(C)C(=O)OCCOC(=O)C(F)(F)C(F)(F)C(F)(F)C(F)(F)F. The summed E-state index contributed by atoms with van der Waals surface area (Å²) in [6.07, 6.45) is -7.03. The Hall–Kier alpha value is -1.69. The maximum atomic E-state index is 13.0. The highest BCUT2D eigenvalue weighted by molar-refractivity contribution is 5.79. The van der Waals surface area contributed by atoms with Crippen LogP contribution in [0.5, 0.6) is 0 Å². The highest BCUT2D eigenvalue weighted by Crippen LogP contribution is 2.53. The zero-order valence-electron chi connectivity index (χ0n) is 12.0. The molecule has 0 unspecified atom stereocenters. The number of esters is 2. The summed E-state index contributed by atoms with van der Waals surface area (Å²) in [5.41, 5.74) is 0. The summed E-state index contributed by atoms with van der Waals surface area (Å²) in [6, 6.07) is 0. The lowest BCUT2D eigenvalue weighted by Gasteiger charge is -2.32. The predicted molar refractivity (Wildman–Crippen MR) is 57.7 cm³/mol. The molecule has 0 aliphatic carbocycles. The van der Waals surface area contributed by atoms with Crippen molar-refractivity contribution < 1.29 is 58.6 Å². The van der Waals surface area contributed by atoms with E-state index in [1.807, 2.05) is 0 Å². The number of hydrogen-bond acceptors (Lipinski definition) is 4. The molecule has 24 heavy (non-hydrogen) atoms. The summed E-state index contributed by atoms with van der Waals surface area (Å²) >= 11 is 0. The molecule has 13 heteroatoms. The molecule has 0 heterocycles. The summed E-state index contributed by atoms with van der Waals surface area (Å²) in [4.78, 5) is 21.7. The van der Waals surface area contributed by atoms with Crippen LogP contribution in [0.3, 0.4) is 0 Å². The number of rotatable bonds is 7. The zero-order chi connectivity index (χ0) is 19.6. The Bertz CT molecular complexity index is 471.